The Balaban J connectivity index is 2.15. The van der Waals surface area contributed by atoms with E-state index in [4.69, 9.17) is 10.8 Å². The van der Waals surface area contributed by atoms with Gasteiger partial charge in [-0.3, -0.25) is 4.68 Å². The van der Waals surface area contributed by atoms with Crippen molar-refractivity contribution in [3.05, 3.63) is 47.9 Å². The molecule has 28 heavy (non-hydrogen) atoms. The van der Waals surface area contributed by atoms with Gasteiger partial charge in [0.25, 0.3) is 6.43 Å². The Labute approximate surface area is 158 Å². The van der Waals surface area contributed by atoms with Crippen molar-refractivity contribution in [1.29, 1.82) is 0 Å². The molecule has 2 unspecified atom stereocenters. The fourth-order valence-corrected chi connectivity index (χ4v) is 2.80. The van der Waals surface area contributed by atoms with Gasteiger partial charge in [-0.05, 0) is 24.1 Å². The van der Waals surface area contributed by atoms with Gasteiger partial charge in [0.05, 0.1) is 18.1 Å². The maximum absolute atomic E-state index is 13.4. The van der Waals surface area contributed by atoms with Gasteiger partial charge in [-0.15, -0.1) is 0 Å². The summed E-state index contributed by atoms with van der Waals surface area (Å²) in [7, 11) is 1.72. The Kier molecular flexibility index (Phi) is 5.09. The van der Waals surface area contributed by atoms with E-state index in [-0.39, 0.29) is 11.5 Å². The summed E-state index contributed by atoms with van der Waals surface area (Å²) in [4.78, 5) is 8.52. The minimum Gasteiger partial charge on any atom is -0.382 e. The maximum Gasteiger partial charge on any atom is 0.276 e. The monoisotopic (exact) mass is 393 g/mol. The van der Waals surface area contributed by atoms with E-state index in [0.717, 1.165) is 12.1 Å². The van der Waals surface area contributed by atoms with Crippen molar-refractivity contribution in [2.24, 2.45) is 7.05 Å². The number of aliphatic hydroxyl groups is 2. The van der Waals surface area contributed by atoms with Crippen LogP contribution < -0.4 is 5.73 Å². The highest BCUT2D eigenvalue weighted by molar-refractivity contribution is 5.73. The number of anilines is 1. The zero-order valence-corrected chi connectivity index (χ0v) is 15.0. The van der Waals surface area contributed by atoms with E-state index < -0.39 is 23.9 Å². The fourth-order valence-electron chi connectivity index (χ4n) is 2.80. The molecule has 0 saturated heterocycles. The summed E-state index contributed by atoms with van der Waals surface area (Å²) >= 11 is 0. The van der Waals surface area contributed by atoms with Crippen LogP contribution in [-0.4, -0.2) is 42.7 Å². The molecule has 0 radical (unpaired) electrons. The van der Waals surface area contributed by atoms with E-state index in [0.29, 0.717) is 22.4 Å². The first kappa shape index (κ1) is 19.8. The number of halogens is 3. The van der Waals surface area contributed by atoms with Gasteiger partial charge in [0.2, 0.25) is 12.0 Å². The molecule has 0 aliphatic rings. The second-order valence-electron chi connectivity index (χ2n) is 6.38. The summed E-state index contributed by atoms with van der Waals surface area (Å²) in [6.07, 6.45) is -2.16. The molecule has 10 heteroatoms. The highest BCUT2D eigenvalue weighted by Gasteiger charge is 2.47. The lowest BCUT2D eigenvalue weighted by Crippen LogP contribution is -2.43. The Bertz CT molecular complexity index is 999. The number of aliphatic hydroxyl groups excluding tert-OH is 1. The second kappa shape index (κ2) is 7.21. The fraction of sp³-hybridized carbons (Fsp3) is 0.278. The van der Waals surface area contributed by atoms with Gasteiger partial charge in [-0.2, -0.15) is 5.10 Å². The van der Waals surface area contributed by atoms with E-state index in [1.165, 1.54) is 12.3 Å². The molecule has 2 heterocycles. The largest absolute Gasteiger partial charge is 0.382 e. The number of rotatable bonds is 5. The van der Waals surface area contributed by atoms with E-state index >= 15 is 0 Å². The van der Waals surface area contributed by atoms with Crippen molar-refractivity contribution in [3.8, 4) is 22.5 Å². The van der Waals surface area contributed by atoms with Crippen molar-refractivity contribution in [2.45, 2.75) is 25.3 Å². The third kappa shape index (κ3) is 3.32. The van der Waals surface area contributed by atoms with Gasteiger partial charge in [0.15, 0.2) is 0 Å². The average Bonchev–Trinajstić information content (AvgIpc) is 3.07. The number of nitrogen functional groups attached to an aromatic ring is 1. The molecule has 148 valence electrons. The molecule has 7 nitrogen and oxygen atoms in total. The summed E-state index contributed by atoms with van der Waals surface area (Å²) in [6.45, 7) is 1.69. The summed E-state index contributed by atoms with van der Waals surface area (Å²) < 4.78 is 41.6. The molecule has 2 atom stereocenters. The van der Waals surface area contributed by atoms with E-state index in [1.807, 2.05) is 0 Å². The summed E-state index contributed by atoms with van der Waals surface area (Å²) in [5.74, 6) is 0.147. The molecule has 0 aliphatic heterocycles. The van der Waals surface area contributed by atoms with Crippen LogP contribution in [0.2, 0.25) is 0 Å². The molecule has 3 rings (SSSR count). The SMILES string of the molecule is Cc1ccc(C(O)(C(O)F)C(F)F)cc1-c1cnc(N)c(-c2cnn(C)c2)n1. The predicted octanol–water partition coefficient (Wildman–Crippen LogP) is 2.18. The molecular formula is C18H18F3N5O2. The lowest BCUT2D eigenvalue weighted by atomic mass is 9.90. The molecular weight excluding hydrogens is 375 g/mol. The lowest BCUT2D eigenvalue weighted by Gasteiger charge is -2.28. The van der Waals surface area contributed by atoms with Crippen LogP contribution in [0.15, 0.2) is 36.8 Å². The van der Waals surface area contributed by atoms with Gasteiger partial charge in [-0.1, -0.05) is 12.1 Å². The number of aryl methyl sites for hydroxylation is 2. The zero-order chi connectivity index (χ0) is 20.6. The van der Waals surface area contributed by atoms with Crippen LogP contribution in [0.1, 0.15) is 11.1 Å². The van der Waals surface area contributed by atoms with Gasteiger partial charge in [0.1, 0.15) is 11.5 Å². The quantitative estimate of drug-likeness (QED) is 0.613. The van der Waals surface area contributed by atoms with E-state index in [9.17, 15) is 18.3 Å². The molecule has 0 saturated carbocycles. The first-order valence-corrected chi connectivity index (χ1v) is 8.20. The lowest BCUT2D eigenvalue weighted by molar-refractivity contribution is -0.211. The number of hydrogen-bond donors (Lipinski definition) is 3. The van der Waals surface area contributed by atoms with Gasteiger partial charge in [-0.25, -0.2) is 23.1 Å². The van der Waals surface area contributed by atoms with Crippen LogP contribution in [-0.2, 0) is 12.6 Å². The van der Waals surface area contributed by atoms with Crippen molar-refractivity contribution >= 4 is 5.82 Å². The number of nitrogens with two attached hydrogens (primary N) is 1. The highest BCUT2D eigenvalue weighted by Crippen LogP contribution is 2.36. The number of benzene rings is 1. The van der Waals surface area contributed by atoms with Crippen molar-refractivity contribution in [2.75, 3.05) is 5.73 Å². The molecule has 0 bridgehead atoms. The van der Waals surface area contributed by atoms with E-state index in [2.05, 4.69) is 15.1 Å². The molecule has 3 aromatic rings. The average molecular weight is 393 g/mol. The maximum atomic E-state index is 13.4. The van der Waals surface area contributed by atoms with Crippen molar-refractivity contribution in [3.63, 3.8) is 0 Å². The summed E-state index contributed by atoms with van der Waals surface area (Å²) in [5, 5.41) is 23.2. The third-order valence-corrected chi connectivity index (χ3v) is 4.45. The van der Waals surface area contributed by atoms with Crippen LogP contribution >= 0.6 is 0 Å². The summed E-state index contributed by atoms with van der Waals surface area (Å²) in [5.41, 5.74) is 4.20. The van der Waals surface area contributed by atoms with Gasteiger partial charge >= 0.3 is 0 Å². The number of nitrogens with zero attached hydrogens (tertiary/aromatic N) is 4. The van der Waals surface area contributed by atoms with Crippen LogP contribution in [0.3, 0.4) is 0 Å². The first-order chi connectivity index (χ1) is 13.1. The Morgan fingerprint density at radius 1 is 1.21 bits per heavy atom. The van der Waals surface area contributed by atoms with Gasteiger partial charge < -0.3 is 15.9 Å². The number of hydrogen-bond acceptors (Lipinski definition) is 6. The topological polar surface area (TPSA) is 110 Å². The Morgan fingerprint density at radius 2 is 1.93 bits per heavy atom. The third-order valence-electron chi connectivity index (χ3n) is 4.45. The molecule has 0 spiro atoms. The molecule has 1 aromatic carbocycles. The Morgan fingerprint density at radius 3 is 2.50 bits per heavy atom. The second-order valence-corrected chi connectivity index (χ2v) is 6.38. The first-order valence-electron chi connectivity index (χ1n) is 8.20. The van der Waals surface area contributed by atoms with Crippen LogP contribution in [0.4, 0.5) is 19.0 Å². The number of alkyl halides is 3. The summed E-state index contributed by atoms with van der Waals surface area (Å²) in [6, 6.07) is 3.69. The molecule has 0 amide bonds. The smallest absolute Gasteiger partial charge is 0.276 e. The highest BCUT2D eigenvalue weighted by atomic mass is 19.3. The van der Waals surface area contributed by atoms with E-state index in [1.54, 1.807) is 31.0 Å². The van der Waals surface area contributed by atoms with Gasteiger partial charge in [0, 0.05) is 24.4 Å². The minimum atomic E-state index is -3.55. The Hall–Kier alpha value is -2.98. The van der Waals surface area contributed by atoms with Crippen LogP contribution in [0, 0.1) is 6.92 Å². The van der Waals surface area contributed by atoms with Crippen LogP contribution in [0.25, 0.3) is 22.5 Å². The molecule has 0 fully saturated rings. The normalized spacial score (nSPS) is 14.9. The minimum absolute atomic E-state index is 0.147. The number of aromatic nitrogens is 4. The standard InChI is InChI=1S/C18H18F3N5O2/c1-9-3-4-11(18(28,16(19)20)17(21)27)5-12(9)13-7-23-15(22)14(25-13)10-6-24-26(2)8-10/h3-8,16-17,27-28H,1-2H3,(H2,22,23). The molecule has 2 aromatic heterocycles. The predicted molar refractivity (Wildman–Crippen MR) is 95.8 cm³/mol. The van der Waals surface area contributed by atoms with Crippen LogP contribution in [0.5, 0.6) is 0 Å². The van der Waals surface area contributed by atoms with Crippen molar-refractivity contribution < 1.29 is 23.4 Å². The molecule has 4 N–H and O–H groups in total. The zero-order valence-electron chi connectivity index (χ0n) is 15.0. The van der Waals surface area contributed by atoms with Crippen molar-refractivity contribution in [1.82, 2.24) is 19.7 Å². The molecule has 0 aliphatic carbocycles.